The molecule has 3 heteroatoms. The predicted octanol–water partition coefficient (Wildman–Crippen LogP) is 2.70. The van der Waals surface area contributed by atoms with Crippen LogP contribution in [0.2, 0.25) is 0 Å². The maximum absolute atomic E-state index is 4.24. The first-order chi connectivity index (χ1) is 8.52. The third-order valence-electron chi connectivity index (χ3n) is 3.17. The Labute approximate surface area is 111 Å². The fraction of sp³-hybridized carbons (Fsp3) is 0.533. The van der Waals surface area contributed by atoms with Crippen LogP contribution < -0.4 is 10.6 Å². The number of hydrogen-bond donors (Lipinski definition) is 2. The second kappa shape index (κ2) is 7.04. The van der Waals surface area contributed by atoms with Gasteiger partial charge in [0.05, 0.1) is 0 Å². The van der Waals surface area contributed by atoms with Crippen molar-refractivity contribution in [2.24, 2.45) is 10.9 Å². The van der Waals surface area contributed by atoms with Crippen LogP contribution in [0.5, 0.6) is 0 Å². The molecule has 0 aliphatic rings. The van der Waals surface area contributed by atoms with E-state index in [0.29, 0.717) is 12.0 Å². The Bertz CT molecular complexity index is 379. The quantitative estimate of drug-likeness (QED) is 0.634. The first-order valence-electron chi connectivity index (χ1n) is 6.55. The number of nitrogens with zero attached hydrogens (tertiary/aromatic N) is 1. The van der Waals surface area contributed by atoms with Crippen LogP contribution in [0.25, 0.3) is 0 Å². The molecule has 0 amide bonds. The molecule has 100 valence electrons. The molecule has 0 bridgehead atoms. The highest BCUT2D eigenvalue weighted by Gasteiger charge is 2.08. The molecule has 0 heterocycles. The van der Waals surface area contributed by atoms with E-state index in [-0.39, 0.29) is 0 Å². The zero-order valence-corrected chi connectivity index (χ0v) is 12.1. The molecule has 1 unspecified atom stereocenters. The Morgan fingerprint density at radius 3 is 2.28 bits per heavy atom. The van der Waals surface area contributed by atoms with Crippen LogP contribution in [0.4, 0.5) is 0 Å². The second-order valence-electron chi connectivity index (χ2n) is 5.09. The normalized spacial score (nSPS) is 13.6. The maximum atomic E-state index is 4.24. The second-order valence-corrected chi connectivity index (χ2v) is 5.09. The van der Waals surface area contributed by atoms with E-state index in [1.807, 2.05) is 0 Å². The molecular formula is C15H25N3. The summed E-state index contributed by atoms with van der Waals surface area (Å²) < 4.78 is 0. The summed E-state index contributed by atoms with van der Waals surface area (Å²) in [4.78, 5) is 4.24. The van der Waals surface area contributed by atoms with Crippen LogP contribution in [-0.4, -0.2) is 19.0 Å². The molecule has 0 saturated heterocycles. The summed E-state index contributed by atoms with van der Waals surface area (Å²) in [6.07, 6.45) is 0. The van der Waals surface area contributed by atoms with Gasteiger partial charge in [-0.25, -0.2) is 0 Å². The molecule has 0 aliphatic heterocycles. The summed E-state index contributed by atoms with van der Waals surface area (Å²) in [6.45, 7) is 9.46. The Hall–Kier alpha value is -1.51. The predicted molar refractivity (Wildman–Crippen MR) is 78.8 cm³/mol. The largest absolute Gasteiger partial charge is 0.354 e. The van der Waals surface area contributed by atoms with Gasteiger partial charge >= 0.3 is 0 Å². The van der Waals surface area contributed by atoms with Gasteiger partial charge in [-0.1, -0.05) is 43.7 Å². The molecule has 1 rings (SSSR count). The highest BCUT2D eigenvalue weighted by atomic mass is 15.2. The van der Waals surface area contributed by atoms with Crippen LogP contribution in [0.1, 0.15) is 31.9 Å². The van der Waals surface area contributed by atoms with Crippen molar-refractivity contribution >= 4 is 5.96 Å². The lowest BCUT2D eigenvalue weighted by molar-refractivity contribution is 0.481. The number of aliphatic imine (C=N–C) groups is 1. The number of aryl methyl sites for hydroxylation is 1. The Morgan fingerprint density at radius 1 is 1.17 bits per heavy atom. The van der Waals surface area contributed by atoms with Gasteiger partial charge in [0.15, 0.2) is 5.96 Å². The lowest BCUT2D eigenvalue weighted by atomic mass is 10.1. The summed E-state index contributed by atoms with van der Waals surface area (Å²) in [6, 6.07) is 8.95. The van der Waals surface area contributed by atoms with Crippen LogP contribution in [0, 0.1) is 12.8 Å². The van der Waals surface area contributed by atoms with E-state index in [1.54, 1.807) is 7.05 Å². The van der Waals surface area contributed by atoms with Gasteiger partial charge in [-0.2, -0.15) is 0 Å². The minimum atomic E-state index is 0.411. The monoisotopic (exact) mass is 247 g/mol. The number of rotatable bonds is 4. The minimum Gasteiger partial charge on any atom is -0.354 e. The van der Waals surface area contributed by atoms with Crippen LogP contribution in [-0.2, 0) is 6.54 Å². The summed E-state index contributed by atoms with van der Waals surface area (Å²) >= 11 is 0. The number of nitrogens with one attached hydrogen (secondary N) is 2. The molecule has 0 saturated carbocycles. The molecule has 0 spiro atoms. The molecule has 3 nitrogen and oxygen atoms in total. The van der Waals surface area contributed by atoms with Crippen LogP contribution in [0.15, 0.2) is 29.3 Å². The topological polar surface area (TPSA) is 36.4 Å². The third kappa shape index (κ3) is 4.78. The van der Waals surface area contributed by atoms with E-state index in [0.717, 1.165) is 12.5 Å². The smallest absolute Gasteiger partial charge is 0.191 e. The van der Waals surface area contributed by atoms with Crippen molar-refractivity contribution in [1.29, 1.82) is 0 Å². The number of benzene rings is 1. The average molecular weight is 247 g/mol. The van der Waals surface area contributed by atoms with Crippen LogP contribution >= 0.6 is 0 Å². The zero-order chi connectivity index (χ0) is 13.5. The van der Waals surface area contributed by atoms with E-state index in [9.17, 15) is 0 Å². The minimum absolute atomic E-state index is 0.411. The lowest BCUT2D eigenvalue weighted by Gasteiger charge is -2.20. The highest BCUT2D eigenvalue weighted by Crippen LogP contribution is 2.03. The van der Waals surface area contributed by atoms with E-state index in [2.05, 4.69) is 67.6 Å². The Balaban J connectivity index is 2.47. The fourth-order valence-corrected chi connectivity index (χ4v) is 1.47. The van der Waals surface area contributed by atoms with E-state index >= 15 is 0 Å². The van der Waals surface area contributed by atoms with Crippen molar-refractivity contribution in [2.45, 2.75) is 40.3 Å². The molecule has 0 fully saturated rings. The van der Waals surface area contributed by atoms with E-state index in [4.69, 9.17) is 0 Å². The molecular weight excluding hydrogens is 222 g/mol. The van der Waals surface area contributed by atoms with Gasteiger partial charge in [-0.3, -0.25) is 4.99 Å². The first-order valence-corrected chi connectivity index (χ1v) is 6.55. The standard InChI is InChI=1S/C15H25N3/c1-11(2)13(4)18-15(16-5)17-10-14-8-6-12(3)7-9-14/h6-9,11,13H,10H2,1-5H3,(H2,16,17,18). The van der Waals surface area contributed by atoms with Gasteiger partial charge in [0.1, 0.15) is 0 Å². The van der Waals surface area contributed by atoms with E-state index < -0.39 is 0 Å². The third-order valence-corrected chi connectivity index (χ3v) is 3.17. The van der Waals surface area contributed by atoms with E-state index in [1.165, 1.54) is 11.1 Å². The van der Waals surface area contributed by atoms with Crippen molar-refractivity contribution in [2.75, 3.05) is 7.05 Å². The van der Waals surface area contributed by atoms with Gasteiger partial charge in [-0.15, -0.1) is 0 Å². The zero-order valence-electron chi connectivity index (χ0n) is 12.1. The molecule has 2 N–H and O–H groups in total. The SMILES string of the molecule is CN=C(NCc1ccc(C)cc1)NC(C)C(C)C. The van der Waals surface area contributed by atoms with Crippen molar-refractivity contribution < 1.29 is 0 Å². The Kier molecular flexibility index (Phi) is 5.69. The molecule has 0 aromatic heterocycles. The fourth-order valence-electron chi connectivity index (χ4n) is 1.47. The van der Waals surface area contributed by atoms with Gasteiger partial charge in [0, 0.05) is 19.6 Å². The number of hydrogen-bond acceptors (Lipinski definition) is 1. The molecule has 1 aromatic carbocycles. The first kappa shape index (κ1) is 14.6. The van der Waals surface area contributed by atoms with Crippen molar-refractivity contribution in [1.82, 2.24) is 10.6 Å². The van der Waals surface area contributed by atoms with Crippen molar-refractivity contribution in [3.05, 3.63) is 35.4 Å². The molecule has 18 heavy (non-hydrogen) atoms. The molecule has 0 aliphatic carbocycles. The molecule has 1 atom stereocenters. The molecule has 1 aromatic rings. The summed E-state index contributed by atoms with van der Waals surface area (Å²) in [5.41, 5.74) is 2.55. The highest BCUT2D eigenvalue weighted by molar-refractivity contribution is 5.79. The summed E-state index contributed by atoms with van der Waals surface area (Å²) in [5.74, 6) is 1.44. The lowest BCUT2D eigenvalue weighted by Crippen LogP contribution is -2.43. The molecule has 0 radical (unpaired) electrons. The van der Waals surface area contributed by atoms with Gasteiger partial charge in [-0.05, 0) is 25.3 Å². The van der Waals surface area contributed by atoms with Gasteiger partial charge in [0.2, 0.25) is 0 Å². The summed E-state index contributed by atoms with van der Waals surface area (Å²) in [7, 11) is 1.80. The summed E-state index contributed by atoms with van der Waals surface area (Å²) in [5, 5.41) is 6.72. The maximum Gasteiger partial charge on any atom is 0.191 e. The Morgan fingerprint density at radius 2 is 1.78 bits per heavy atom. The van der Waals surface area contributed by atoms with Gasteiger partial charge in [0.25, 0.3) is 0 Å². The van der Waals surface area contributed by atoms with Crippen LogP contribution in [0.3, 0.4) is 0 Å². The van der Waals surface area contributed by atoms with Gasteiger partial charge < -0.3 is 10.6 Å². The van der Waals surface area contributed by atoms with Crippen molar-refractivity contribution in [3.63, 3.8) is 0 Å². The number of guanidine groups is 1. The average Bonchev–Trinajstić information content (AvgIpc) is 2.35. The van der Waals surface area contributed by atoms with Crippen molar-refractivity contribution in [3.8, 4) is 0 Å².